The van der Waals surface area contributed by atoms with Crippen molar-refractivity contribution < 1.29 is 18.7 Å². The highest BCUT2D eigenvalue weighted by atomic mass is 127. The Kier molecular flexibility index (Phi) is 10.7. The average molecular weight is 507 g/mol. The number of hydrogen-bond acceptors (Lipinski definition) is 5. The normalized spacial score (nSPS) is 14.8. The van der Waals surface area contributed by atoms with Crippen LogP contribution in [0.4, 0.5) is 4.79 Å². The molecule has 2 rings (SSSR count). The molecule has 1 fully saturated rings. The molecule has 2 heterocycles. The summed E-state index contributed by atoms with van der Waals surface area (Å²) in [5, 5.41) is 9.45. The maximum Gasteiger partial charge on any atom is 0.409 e. The highest BCUT2D eigenvalue weighted by molar-refractivity contribution is 14.0. The number of guanidine groups is 1. The summed E-state index contributed by atoms with van der Waals surface area (Å²) in [6.07, 6.45) is 3.68. The van der Waals surface area contributed by atoms with Crippen molar-refractivity contribution >= 4 is 41.9 Å². The molecule has 0 atom stereocenters. The fraction of sp³-hybridized carbons (Fsp3) is 0.611. The molecule has 2 amide bonds. The van der Waals surface area contributed by atoms with Crippen molar-refractivity contribution in [3.05, 3.63) is 23.7 Å². The molecule has 0 radical (unpaired) electrons. The van der Waals surface area contributed by atoms with E-state index >= 15 is 0 Å². The van der Waals surface area contributed by atoms with E-state index < -0.39 is 0 Å². The Morgan fingerprint density at radius 1 is 1.29 bits per heavy atom. The predicted molar refractivity (Wildman–Crippen MR) is 117 cm³/mol. The zero-order valence-electron chi connectivity index (χ0n) is 16.6. The van der Waals surface area contributed by atoms with E-state index in [-0.39, 0.29) is 42.0 Å². The quantitative estimate of drug-likeness (QED) is 0.234. The Balaban J connectivity index is 0.00000392. The van der Waals surface area contributed by atoms with Crippen molar-refractivity contribution in [1.29, 1.82) is 0 Å². The van der Waals surface area contributed by atoms with Gasteiger partial charge in [-0.2, -0.15) is 0 Å². The second-order valence-electron chi connectivity index (χ2n) is 6.42. The molecule has 0 aromatic carbocycles. The summed E-state index contributed by atoms with van der Waals surface area (Å²) < 4.78 is 9.91. The van der Waals surface area contributed by atoms with E-state index in [0.29, 0.717) is 31.9 Å². The number of methoxy groups -OCH3 is 1. The number of likely N-dealkylation sites (tertiary alicyclic amines) is 1. The van der Waals surface area contributed by atoms with Gasteiger partial charge in [-0.3, -0.25) is 9.79 Å². The molecule has 158 valence electrons. The van der Waals surface area contributed by atoms with Gasteiger partial charge in [-0.25, -0.2) is 4.79 Å². The first-order chi connectivity index (χ1) is 13.0. The zero-order valence-corrected chi connectivity index (χ0v) is 18.9. The van der Waals surface area contributed by atoms with Gasteiger partial charge in [0.25, 0.3) is 5.91 Å². The van der Waals surface area contributed by atoms with Crippen molar-refractivity contribution in [2.75, 3.05) is 40.3 Å². The Labute approximate surface area is 182 Å². The molecule has 28 heavy (non-hydrogen) atoms. The number of nitrogens with one attached hydrogen (secondary N) is 3. The fourth-order valence-electron chi connectivity index (χ4n) is 2.91. The molecule has 0 spiro atoms. The van der Waals surface area contributed by atoms with Gasteiger partial charge in [0.1, 0.15) is 0 Å². The number of ether oxygens (including phenoxy) is 1. The van der Waals surface area contributed by atoms with Gasteiger partial charge in [0.15, 0.2) is 11.7 Å². The van der Waals surface area contributed by atoms with E-state index in [1.807, 2.05) is 6.92 Å². The van der Waals surface area contributed by atoms with Crippen molar-refractivity contribution in [3.63, 3.8) is 0 Å². The lowest BCUT2D eigenvalue weighted by Crippen LogP contribution is -2.50. The molecule has 1 aromatic heterocycles. The fourth-order valence-corrected chi connectivity index (χ4v) is 2.91. The van der Waals surface area contributed by atoms with Crippen LogP contribution in [0.25, 0.3) is 0 Å². The monoisotopic (exact) mass is 507 g/mol. The number of piperidine rings is 1. The van der Waals surface area contributed by atoms with Crippen LogP contribution in [-0.2, 0) is 4.74 Å². The van der Waals surface area contributed by atoms with Gasteiger partial charge in [0, 0.05) is 44.8 Å². The van der Waals surface area contributed by atoms with E-state index in [9.17, 15) is 9.59 Å². The van der Waals surface area contributed by atoms with Gasteiger partial charge in [0.2, 0.25) is 0 Å². The molecule has 9 nitrogen and oxygen atoms in total. The molecular weight excluding hydrogens is 477 g/mol. The number of nitrogens with zero attached hydrogens (tertiary/aromatic N) is 2. The third kappa shape index (κ3) is 7.21. The lowest BCUT2D eigenvalue weighted by atomic mass is 10.1. The highest BCUT2D eigenvalue weighted by Crippen LogP contribution is 2.11. The van der Waals surface area contributed by atoms with Crippen LogP contribution in [0.2, 0.25) is 0 Å². The minimum absolute atomic E-state index is 0. The number of aryl methyl sites for hydroxylation is 1. The molecular formula is C18H30IN5O4. The molecule has 1 aliphatic heterocycles. The summed E-state index contributed by atoms with van der Waals surface area (Å²) in [6, 6.07) is 2.03. The smallest absolute Gasteiger partial charge is 0.409 e. The van der Waals surface area contributed by atoms with Crippen LogP contribution in [0.1, 0.15) is 35.4 Å². The Bertz CT molecular complexity index is 656. The van der Waals surface area contributed by atoms with Crippen LogP contribution in [0, 0.1) is 6.92 Å². The number of rotatable bonds is 6. The number of amides is 2. The van der Waals surface area contributed by atoms with E-state index in [4.69, 9.17) is 9.15 Å². The summed E-state index contributed by atoms with van der Waals surface area (Å²) in [6.45, 7) is 4.39. The molecule has 0 saturated carbocycles. The molecule has 1 aliphatic rings. The average Bonchev–Trinajstić information content (AvgIpc) is 3.12. The van der Waals surface area contributed by atoms with Crippen molar-refractivity contribution in [3.8, 4) is 0 Å². The summed E-state index contributed by atoms with van der Waals surface area (Å²) in [5.41, 5.74) is 0.827. The van der Waals surface area contributed by atoms with E-state index in [0.717, 1.165) is 30.8 Å². The van der Waals surface area contributed by atoms with Crippen LogP contribution >= 0.6 is 24.0 Å². The van der Waals surface area contributed by atoms with E-state index in [1.54, 1.807) is 18.0 Å². The van der Waals surface area contributed by atoms with Crippen LogP contribution < -0.4 is 16.0 Å². The number of carbonyl (C=O) groups is 2. The largest absolute Gasteiger partial charge is 0.459 e. The Morgan fingerprint density at radius 3 is 2.54 bits per heavy atom. The Morgan fingerprint density at radius 2 is 1.96 bits per heavy atom. The van der Waals surface area contributed by atoms with Gasteiger partial charge in [-0.1, -0.05) is 0 Å². The molecule has 0 bridgehead atoms. The maximum absolute atomic E-state index is 11.9. The number of furan rings is 1. The standard InChI is InChI=1S/C18H29N5O4.HI/c1-13-7-12-27-15(13)16(24)20-8-4-9-21-17(19-2)22-14-5-10-23(11-6-14)18(25)26-3;/h7,12,14H,4-6,8-11H2,1-3H3,(H,20,24)(H2,19,21,22);1H. The SMILES string of the molecule is CN=C(NCCCNC(=O)c1occc1C)NC1CCN(C(=O)OC)CC1.I. The van der Waals surface area contributed by atoms with E-state index in [1.165, 1.54) is 13.4 Å². The Hall–Kier alpha value is -1.98. The summed E-state index contributed by atoms with van der Waals surface area (Å²) in [5.74, 6) is 0.885. The lowest BCUT2D eigenvalue weighted by molar-refractivity contribution is 0.0924. The van der Waals surface area contributed by atoms with Crippen molar-refractivity contribution in [2.24, 2.45) is 4.99 Å². The van der Waals surface area contributed by atoms with Gasteiger partial charge in [-0.15, -0.1) is 24.0 Å². The second-order valence-corrected chi connectivity index (χ2v) is 6.42. The summed E-state index contributed by atoms with van der Waals surface area (Å²) >= 11 is 0. The summed E-state index contributed by atoms with van der Waals surface area (Å²) in [7, 11) is 3.12. The third-order valence-corrected chi connectivity index (χ3v) is 4.49. The highest BCUT2D eigenvalue weighted by Gasteiger charge is 2.23. The third-order valence-electron chi connectivity index (χ3n) is 4.49. The number of hydrogen-bond donors (Lipinski definition) is 3. The van der Waals surface area contributed by atoms with Crippen LogP contribution in [0.15, 0.2) is 21.7 Å². The van der Waals surface area contributed by atoms with Crippen LogP contribution in [0.3, 0.4) is 0 Å². The van der Waals surface area contributed by atoms with Crippen LogP contribution in [0.5, 0.6) is 0 Å². The predicted octanol–water partition coefficient (Wildman–Crippen LogP) is 1.72. The van der Waals surface area contributed by atoms with E-state index in [2.05, 4.69) is 20.9 Å². The van der Waals surface area contributed by atoms with Gasteiger partial charge in [0.05, 0.1) is 13.4 Å². The number of carbonyl (C=O) groups excluding carboxylic acids is 2. The van der Waals surface area contributed by atoms with Gasteiger partial charge in [-0.05, 0) is 32.3 Å². The number of aliphatic imine (C=N–C) groups is 1. The minimum Gasteiger partial charge on any atom is -0.459 e. The van der Waals surface area contributed by atoms with Crippen molar-refractivity contribution in [2.45, 2.75) is 32.2 Å². The lowest BCUT2D eigenvalue weighted by Gasteiger charge is -2.32. The summed E-state index contributed by atoms with van der Waals surface area (Å²) in [4.78, 5) is 29.4. The minimum atomic E-state index is -0.275. The number of halogens is 1. The molecule has 0 unspecified atom stereocenters. The van der Waals surface area contributed by atoms with Gasteiger partial charge >= 0.3 is 6.09 Å². The molecule has 3 N–H and O–H groups in total. The van der Waals surface area contributed by atoms with Gasteiger partial charge < -0.3 is 30.0 Å². The maximum atomic E-state index is 11.9. The molecule has 1 saturated heterocycles. The molecule has 10 heteroatoms. The molecule has 1 aromatic rings. The van der Waals surface area contributed by atoms with Crippen LogP contribution in [-0.4, -0.2) is 69.2 Å². The zero-order chi connectivity index (χ0) is 19.6. The molecule has 0 aliphatic carbocycles. The first-order valence-electron chi connectivity index (χ1n) is 9.17. The first kappa shape index (κ1) is 24.1. The van der Waals surface area contributed by atoms with Crippen molar-refractivity contribution in [1.82, 2.24) is 20.9 Å². The second kappa shape index (κ2) is 12.5. The topological polar surface area (TPSA) is 108 Å². The first-order valence-corrected chi connectivity index (χ1v) is 9.17.